The van der Waals surface area contributed by atoms with Crippen LogP contribution in [-0.2, 0) is 6.54 Å². The largest absolute Gasteiger partial charge is 0.330 e. The van der Waals surface area contributed by atoms with Gasteiger partial charge in [-0.25, -0.2) is 4.98 Å². The van der Waals surface area contributed by atoms with Gasteiger partial charge < -0.3 is 5.73 Å². The minimum Gasteiger partial charge on any atom is -0.330 e. The fraction of sp³-hybridized carbons (Fsp3) is 0.667. The topological polar surface area (TPSA) is 60.9 Å². The van der Waals surface area contributed by atoms with Crippen molar-refractivity contribution in [1.29, 1.82) is 0 Å². The average molecular weight is 223 g/mol. The predicted octanol–water partition coefficient (Wildman–Crippen LogP) is 1.40. The van der Waals surface area contributed by atoms with Crippen molar-refractivity contribution in [1.82, 2.24) is 9.55 Å². The zero-order valence-corrected chi connectivity index (χ0v) is 10.1. The Morgan fingerprint density at radius 1 is 1.44 bits per heavy atom. The number of hydrogen-bond acceptors (Lipinski definition) is 3. The van der Waals surface area contributed by atoms with Crippen molar-refractivity contribution in [3.05, 3.63) is 28.9 Å². The molecule has 0 aliphatic heterocycles. The lowest BCUT2D eigenvalue weighted by Crippen LogP contribution is -2.24. The molecule has 0 atom stereocenters. The van der Waals surface area contributed by atoms with Gasteiger partial charge in [0.2, 0.25) is 0 Å². The standard InChI is InChI=1S/C12H21N3O/c1-12(2,9-13)6-3-4-8-15-10-14-7-5-11(15)16/h5,7,10H,3-4,6,8-9,13H2,1-2H3. The molecule has 1 aromatic rings. The molecule has 0 saturated carbocycles. The van der Waals surface area contributed by atoms with E-state index in [9.17, 15) is 4.79 Å². The number of unbranched alkanes of at least 4 members (excludes halogenated alkanes) is 1. The van der Waals surface area contributed by atoms with Crippen LogP contribution >= 0.6 is 0 Å². The molecular weight excluding hydrogens is 202 g/mol. The van der Waals surface area contributed by atoms with E-state index in [1.165, 1.54) is 12.3 Å². The average Bonchev–Trinajstić information content (AvgIpc) is 2.27. The summed E-state index contributed by atoms with van der Waals surface area (Å²) in [4.78, 5) is 15.3. The van der Waals surface area contributed by atoms with E-state index in [4.69, 9.17) is 5.73 Å². The summed E-state index contributed by atoms with van der Waals surface area (Å²) in [5.41, 5.74) is 5.89. The quantitative estimate of drug-likeness (QED) is 0.741. The highest BCUT2D eigenvalue weighted by atomic mass is 16.1. The Labute approximate surface area is 96.5 Å². The first-order chi connectivity index (χ1) is 7.55. The number of nitrogens with zero attached hydrogens (tertiary/aromatic N) is 2. The lowest BCUT2D eigenvalue weighted by molar-refractivity contribution is 0.328. The number of hydrogen-bond donors (Lipinski definition) is 1. The van der Waals surface area contributed by atoms with Gasteiger partial charge in [-0.3, -0.25) is 9.36 Å². The number of nitrogens with two attached hydrogens (primary N) is 1. The normalized spacial score (nSPS) is 11.7. The first-order valence-electron chi connectivity index (χ1n) is 5.76. The predicted molar refractivity (Wildman–Crippen MR) is 65.2 cm³/mol. The SMILES string of the molecule is CC(C)(CN)CCCCn1cnccc1=O. The number of rotatable bonds is 6. The van der Waals surface area contributed by atoms with Gasteiger partial charge in [0.15, 0.2) is 0 Å². The van der Waals surface area contributed by atoms with Gasteiger partial charge >= 0.3 is 0 Å². The van der Waals surface area contributed by atoms with Gasteiger partial charge in [-0.1, -0.05) is 20.3 Å². The van der Waals surface area contributed by atoms with Crippen LogP contribution in [0, 0.1) is 5.41 Å². The molecule has 1 heterocycles. The molecule has 2 N–H and O–H groups in total. The van der Waals surface area contributed by atoms with Gasteiger partial charge in [-0.15, -0.1) is 0 Å². The summed E-state index contributed by atoms with van der Waals surface area (Å²) in [7, 11) is 0. The molecule has 0 amide bonds. The van der Waals surface area contributed by atoms with Crippen LogP contribution in [0.4, 0.5) is 0 Å². The second kappa shape index (κ2) is 5.80. The van der Waals surface area contributed by atoms with Crippen molar-refractivity contribution in [2.75, 3.05) is 6.54 Å². The Kier molecular flexibility index (Phi) is 4.68. The Balaban J connectivity index is 2.32. The highest BCUT2D eigenvalue weighted by molar-refractivity contribution is 4.81. The molecule has 0 fully saturated rings. The van der Waals surface area contributed by atoms with Crippen molar-refractivity contribution < 1.29 is 0 Å². The van der Waals surface area contributed by atoms with E-state index in [0.29, 0.717) is 6.54 Å². The molecule has 1 aromatic heterocycles. The second-order valence-electron chi connectivity index (χ2n) is 4.94. The molecule has 0 aliphatic carbocycles. The van der Waals surface area contributed by atoms with Crippen LogP contribution in [-0.4, -0.2) is 16.1 Å². The fourth-order valence-electron chi connectivity index (χ4n) is 1.53. The van der Waals surface area contributed by atoms with Gasteiger partial charge in [0, 0.05) is 18.8 Å². The highest BCUT2D eigenvalue weighted by Crippen LogP contribution is 2.21. The van der Waals surface area contributed by atoms with Crippen molar-refractivity contribution in [2.45, 2.75) is 39.7 Å². The molecule has 16 heavy (non-hydrogen) atoms. The van der Waals surface area contributed by atoms with E-state index < -0.39 is 0 Å². The maximum atomic E-state index is 11.4. The van der Waals surface area contributed by atoms with Crippen LogP contribution in [0.5, 0.6) is 0 Å². The first-order valence-corrected chi connectivity index (χ1v) is 5.76. The molecule has 4 heteroatoms. The molecule has 0 aromatic carbocycles. The van der Waals surface area contributed by atoms with Gasteiger partial charge in [-0.2, -0.15) is 0 Å². The Morgan fingerprint density at radius 3 is 2.81 bits per heavy atom. The van der Waals surface area contributed by atoms with Crippen LogP contribution in [0.3, 0.4) is 0 Å². The van der Waals surface area contributed by atoms with Crippen molar-refractivity contribution in [3.63, 3.8) is 0 Å². The molecule has 90 valence electrons. The van der Waals surface area contributed by atoms with Gasteiger partial charge in [0.25, 0.3) is 5.56 Å². The summed E-state index contributed by atoms with van der Waals surface area (Å²) in [5.74, 6) is 0. The monoisotopic (exact) mass is 223 g/mol. The molecule has 0 unspecified atom stereocenters. The molecule has 0 radical (unpaired) electrons. The molecule has 0 spiro atoms. The van der Waals surface area contributed by atoms with Crippen molar-refractivity contribution in [2.24, 2.45) is 11.1 Å². The second-order valence-corrected chi connectivity index (χ2v) is 4.94. The number of aromatic nitrogens is 2. The zero-order valence-electron chi connectivity index (χ0n) is 10.1. The van der Waals surface area contributed by atoms with E-state index in [2.05, 4.69) is 18.8 Å². The van der Waals surface area contributed by atoms with E-state index in [0.717, 1.165) is 25.8 Å². The van der Waals surface area contributed by atoms with Gasteiger partial charge in [0.05, 0.1) is 6.33 Å². The lowest BCUT2D eigenvalue weighted by atomic mass is 9.87. The minimum absolute atomic E-state index is 0.0214. The molecule has 0 saturated heterocycles. The van der Waals surface area contributed by atoms with Crippen molar-refractivity contribution >= 4 is 0 Å². The fourth-order valence-corrected chi connectivity index (χ4v) is 1.53. The van der Waals surface area contributed by atoms with Crippen molar-refractivity contribution in [3.8, 4) is 0 Å². The summed E-state index contributed by atoms with van der Waals surface area (Å²) >= 11 is 0. The third kappa shape index (κ3) is 4.14. The van der Waals surface area contributed by atoms with E-state index in [1.807, 2.05) is 0 Å². The summed E-state index contributed by atoms with van der Waals surface area (Å²) in [5, 5.41) is 0. The molecule has 0 aliphatic rings. The smallest absolute Gasteiger partial charge is 0.253 e. The molecule has 4 nitrogen and oxygen atoms in total. The molecule has 1 rings (SSSR count). The van der Waals surface area contributed by atoms with E-state index in [1.54, 1.807) is 10.9 Å². The summed E-state index contributed by atoms with van der Waals surface area (Å²) in [6, 6.07) is 1.49. The zero-order chi connectivity index (χ0) is 12.0. The van der Waals surface area contributed by atoms with E-state index in [-0.39, 0.29) is 11.0 Å². The van der Waals surface area contributed by atoms with Crippen LogP contribution < -0.4 is 11.3 Å². The van der Waals surface area contributed by atoms with Gasteiger partial charge in [-0.05, 0) is 24.8 Å². The van der Waals surface area contributed by atoms with Crippen LogP contribution in [0.1, 0.15) is 33.1 Å². The van der Waals surface area contributed by atoms with E-state index >= 15 is 0 Å². The van der Waals surface area contributed by atoms with Gasteiger partial charge in [0.1, 0.15) is 0 Å². The third-order valence-electron chi connectivity index (χ3n) is 2.85. The van der Waals surface area contributed by atoms with Crippen LogP contribution in [0.25, 0.3) is 0 Å². The highest BCUT2D eigenvalue weighted by Gasteiger charge is 2.14. The maximum Gasteiger partial charge on any atom is 0.253 e. The first kappa shape index (κ1) is 12.9. The summed E-state index contributed by atoms with van der Waals surface area (Å²) in [6.45, 7) is 5.79. The molecule has 0 bridgehead atoms. The Bertz CT molecular complexity index is 371. The molecular formula is C12H21N3O. The minimum atomic E-state index is 0.0214. The van der Waals surface area contributed by atoms with Crippen LogP contribution in [0.15, 0.2) is 23.4 Å². The summed E-state index contributed by atoms with van der Waals surface area (Å²) in [6.07, 6.45) is 6.30. The van der Waals surface area contributed by atoms with Crippen LogP contribution in [0.2, 0.25) is 0 Å². The lowest BCUT2D eigenvalue weighted by Gasteiger charge is -2.21. The number of aryl methyl sites for hydroxylation is 1. The maximum absolute atomic E-state index is 11.4. The third-order valence-corrected chi connectivity index (χ3v) is 2.85. The Hall–Kier alpha value is -1.16. The Morgan fingerprint density at radius 2 is 2.19 bits per heavy atom. The summed E-state index contributed by atoms with van der Waals surface area (Å²) < 4.78 is 1.65.